The zero-order chi connectivity index (χ0) is 12.4. The highest BCUT2D eigenvalue weighted by molar-refractivity contribution is 5.86. The Morgan fingerprint density at radius 1 is 1.44 bits per heavy atom. The van der Waals surface area contributed by atoms with E-state index in [-0.39, 0.29) is 17.9 Å². The lowest BCUT2D eigenvalue weighted by Gasteiger charge is -2.02. The Morgan fingerprint density at radius 2 is 2.12 bits per heavy atom. The van der Waals surface area contributed by atoms with Crippen molar-refractivity contribution < 1.29 is 9.59 Å². The number of amides is 2. The molecule has 4 heteroatoms. The van der Waals surface area contributed by atoms with Gasteiger partial charge < -0.3 is 10.6 Å². The maximum atomic E-state index is 10.6. The summed E-state index contributed by atoms with van der Waals surface area (Å²) in [5, 5.41) is 5.44. The van der Waals surface area contributed by atoms with E-state index in [1.165, 1.54) is 12.5 Å². The first kappa shape index (κ1) is 14.7. The predicted molar refractivity (Wildman–Crippen MR) is 65.0 cm³/mol. The van der Waals surface area contributed by atoms with Gasteiger partial charge in [0.15, 0.2) is 0 Å². The Balaban J connectivity index is 0.000000281. The molecule has 1 heterocycles. The first-order valence-corrected chi connectivity index (χ1v) is 5.76. The lowest BCUT2D eigenvalue weighted by Crippen LogP contribution is -2.27. The molecule has 2 N–H and O–H groups in total. The smallest absolute Gasteiger partial charge is 0.243 e. The minimum atomic E-state index is -0.111. The predicted octanol–water partition coefficient (Wildman–Crippen LogP) is 1.37. The maximum absolute atomic E-state index is 10.6. The van der Waals surface area contributed by atoms with Crippen LogP contribution in [0.15, 0.2) is 12.7 Å². The molecule has 1 saturated heterocycles. The second-order valence-corrected chi connectivity index (χ2v) is 4.03. The van der Waals surface area contributed by atoms with Crippen molar-refractivity contribution in [1.29, 1.82) is 0 Å². The van der Waals surface area contributed by atoms with Crippen LogP contribution in [0.2, 0.25) is 0 Å². The maximum Gasteiger partial charge on any atom is 0.243 e. The number of carbonyl (C=O) groups is 2. The quantitative estimate of drug-likeness (QED) is 0.699. The fourth-order valence-electron chi connectivity index (χ4n) is 1.25. The van der Waals surface area contributed by atoms with Gasteiger partial charge in [0, 0.05) is 19.0 Å². The molecule has 92 valence electrons. The molecule has 1 aliphatic heterocycles. The molecular formula is C12H22N2O2. The minimum Gasteiger partial charge on any atom is -0.356 e. The third-order valence-corrected chi connectivity index (χ3v) is 2.02. The fraction of sp³-hybridized carbons (Fsp3) is 0.667. The molecule has 0 aromatic rings. The van der Waals surface area contributed by atoms with Crippen molar-refractivity contribution in [3.63, 3.8) is 0 Å². The van der Waals surface area contributed by atoms with Crippen LogP contribution in [0.1, 0.15) is 39.5 Å². The Bertz CT molecular complexity index is 227. The van der Waals surface area contributed by atoms with Crippen LogP contribution in [0.5, 0.6) is 0 Å². The third-order valence-electron chi connectivity index (χ3n) is 2.02. The highest BCUT2D eigenvalue weighted by Crippen LogP contribution is 2.02. The molecule has 1 rings (SSSR count). The number of hydrogen-bond donors (Lipinski definition) is 2. The fourth-order valence-corrected chi connectivity index (χ4v) is 1.25. The van der Waals surface area contributed by atoms with E-state index < -0.39 is 0 Å². The van der Waals surface area contributed by atoms with Crippen molar-refractivity contribution in [3.05, 3.63) is 12.7 Å². The Labute approximate surface area is 97.5 Å². The van der Waals surface area contributed by atoms with E-state index in [1.54, 1.807) is 0 Å². The van der Waals surface area contributed by atoms with E-state index >= 15 is 0 Å². The zero-order valence-corrected chi connectivity index (χ0v) is 10.2. The summed E-state index contributed by atoms with van der Waals surface area (Å²) in [6.45, 7) is 8.00. The van der Waals surface area contributed by atoms with E-state index in [2.05, 4.69) is 17.2 Å². The molecule has 0 unspecified atom stereocenters. The molecule has 4 nitrogen and oxygen atoms in total. The van der Waals surface area contributed by atoms with Gasteiger partial charge in [0.2, 0.25) is 11.8 Å². The lowest BCUT2D eigenvalue weighted by molar-refractivity contribution is -0.120. The van der Waals surface area contributed by atoms with Gasteiger partial charge in [-0.05, 0) is 32.8 Å². The molecule has 0 saturated carbocycles. The van der Waals surface area contributed by atoms with E-state index in [9.17, 15) is 9.59 Å². The third kappa shape index (κ3) is 9.24. The molecule has 0 spiro atoms. The van der Waals surface area contributed by atoms with E-state index in [4.69, 9.17) is 0 Å². The molecule has 1 fully saturated rings. The second kappa shape index (κ2) is 8.95. The summed E-state index contributed by atoms with van der Waals surface area (Å²) in [6.07, 6.45) is 5.44. The van der Waals surface area contributed by atoms with Crippen LogP contribution in [0.25, 0.3) is 0 Å². The Hall–Kier alpha value is -1.32. The summed E-state index contributed by atoms with van der Waals surface area (Å²) >= 11 is 0. The van der Waals surface area contributed by atoms with E-state index in [1.807, 2.05) is 13.8 Å². The van der Waals surface area contributed by atoms with Crippen LogP contribution in [-0.4, -0.2) is 24.4 Å². The van der Waals surface area contributed by atoms with Gasteiger partial charge in [-0.25, -0.2) is 0 Å². The normalized spacial score (nSPS) is 15.3. The molecule has 1 aliphatic rings. The minimum absolute atomic E-state index is 0.111. The molecule has 2 amide bonds. The summed E-state index contributed by atoms with van der Waals surface area (Å²) in [4.78, 5) is 21.0. The summed E-state index contributed by atoms with van der Waals surface area (Å²) in [7, 11) is 0. The molecule has 0 atom stereocenters. The average molecular weight is 226 g/mol. The van der Waals surface area contributed by atoms with Crippen LogP contribution < -0.4 is 10.6 Å². The van der Waals surface area contributed by atoms with Gasteiger partial charge >= 0.3 is 0 Å². The van der Waals surface area contributed by atoms with Gasteiger partial charge in [0.05, 0.1) is 0 Å². The molecule has 16 heavy (non-hydrogen) atoms. The van der Waals surface area contributed by atoms with Crippen molar-refractivity contribution in [1.82, 2.24) is 10.6 Å². The highest BCUT2D eigenvalue weighted by atomic mass is 16.2. The van der Waals surface area contributed by atoms with Crippen LogP contribution in [0.3, 0.4) is 0 Å². The topological polar surface area (TPSA) is 58.2 Å². The van der Waals surface area contributed by atoms with Gasteiger partial charge in [0.25, 0.3) is 0 Å². The van der Waals surface area contributed by atoms with Crippen LogP contribution in [-0.2, 0) is 9.59 Å². The summed E-state index contributed by atoms with van der Waals surface area (Å²) in [5.74, 6) is 0.113. The summed E-state index contributed by atoms with van der Waals surface area (Å²) < 4.78 is 0. The molecular weight excluding hydrogens is 204 g/mol. The van der Waals surface area contributed by atoms with Gasteiger partial charge in [-0.15, -0.1) is 0 Å². The first-order chi connectivity index (χ1) is 7.56. The van der Waals surface area contributed by atoms with Crippen molar-refractivity contribution in [3.8, 4) is 0 Å². The number of carbonyl (C=O) groups excluding carboxylic acids is 2. The van der Waals surface area contributed by atoms with E-state index in [0.717, 1.165) is 25.8 Å². The number of nitrogens with one attached hydrogen (secondary N) is 2. The van der Waals surface area contributed by atoms with Crippen LogP contribution >= 0.6 is 0 Å². The lowest BCUT2D eigenvalue weighted by atomic mass is 10.2. The van der Waals surface area contributed by atoms with Crippen molar-refractivity contribution in [2.75, 3.05) is 6.54 Å². The van der Waals surface area contributed by atoms with Gasteiger partial charge in [0.1, 0.15) is 0 Å². The molecule has 0 aliphatic carbocycles. The summed E-state index contributed by atoms with van der Waals surface area (Å²) in [5.41, 5.74) is 0. The average Bonchev–Trinajstić information content (AvgIpc) is 2.45. The monoisotopic (exact) mass is 226 g/mol. The standard InChI is InChI=1S/2C6H11NO/c8-6-4-2-1-3-5-7-6;1-4-6(8)7-5(2)3/h1-5H2,(H,7,8);4-5H,1H2,2-3H3,(H,7,8). The largest absolute Gasteiger partial charge is 0.356 e. The first-order valence-electron chi connectivity index (χ1n) is 5.76. The van der Waals surface area contributed by atoms with Gasteiger partial charge in [-0.2, -0.15) is 0 Å². The number of rotatable bonds is 2. The van der Waals surface area contributed by atoms with Gasteiger partial charge in [-0.3, -0.25) is 9.59 Å². The molecule has 0 aromatic heterocycles. The SMILES string of the molecule is C=CC(=O)NC(C)C.O=C1CCCCCN1. The van der Waals surface area contributed by atoms with Crippen LogP contribution in [0.4, 0.5) is 0 Å². The van der Waals surface area contributed by atoms with Crippen molar-refractivity contribution >= 4 is 11.8 Å². The number of hydrogen-bond acceptors (Lipinski definition) is 2. The van der Waals surface area contributed by atoms with Crippen molar-refractivity contribution in [2.24, 2.45) is 0 Å². The van der Waals surface area contributed by atoms with Crippen LogP contribution in [0, 0.1) is 0 Å². The molecule has 0 aromatic carbocycles. The highest BCUT2D eigenvalue weighted by Gasteiger charge is 2.03. The Morgan fingerprint density at radius 3 is 2.62 bits per heavy atom. The molecule has 0 radical (unpaired) electrons. The van der Waals surface area contributed by atoms with E-state index in [0.29, 0.717) is 0 Å². The Kier molecular flexibility index (Phi) is 8.21. The molecule has 0 bridgehead atoms. The zero-order valence-electron chi connectivity index (χ0n) is 10.2. The van der Waals surface area contributed by atoms with Gasteiger partial charge in [-0.1, -0.05) is 13.0 Å². The summed E-state index contributed by atoms with van der Waals surface area (Å²) in [6, 6.07) is 0.209. The van der Waals surface area contributed by atoms with Crippen molar-refractivity contribution in [2.45, 2.75) is 45.6 Å². The second-order valence-electron chi connectivity index (χ2n) is 4.03.